The number of carbonyl (C=O) groups excluding carboxylic acids is 1. The van der Waals surface area contributed by atoms with Crippen LogP contribution in [0.25, 0.3) is 0 Å². The van der Waals surface area contributed by atoms with E-state index in [1.165, 1.54) is 17.7 Å². The van der Waals surface area contributed by atoms with Gasteiger partial charge in [-0.15, -0.1) is 0 Å². The fourth-order valence-corrected chi connectivity index (χ4v) is 3.60. The van der Waals surface area contributed by atoms with E-state index in [1.54, 1.807) is 0 Å². The normalized spacial score (nSPS) is 15.8. The predicted molar refractivity (Wildman–Crippen MR) is 108 cm³/mol. The maximum Gasteiger partial charge on any atom is 0.255 e. The molecule has 1 amide bonds. The van der Waals surface area contributed by atoms with Crippen LogP contribution in [0.2, 0.25) is 0 Å². The number of rotatable bonds is 5. The lowest BCUT2D eigenvalue weighted by Crippen LogP contribution is -2.26. The molecule has 0 radical (unpaired) electrons. The van der Waals surface area contributed by atoms with E-state index in [2.05, 4.69) is 27.8 Å². The van der Waals surface area contributed by atoms with E-state index in [0.29, 0.717) is 12.1 Å². The Morgan fingerprint density at radius 1 is 1.04 bits per heavy atom. The van der Waals surface area contributed by atoms with Crippen molar-refractivity contribution in [2.75, 3.05) is 5.32 Å². The van der Waals surface area contributed by atoms with Crippen molar-refractivity contribution in [3.8, 4) is 0 Å². The number of hydrogen-bond acceptors (Lipinski definition) is 3. The number of para-hydroxylation sites is 1. The first-order valence-corrected chi connectivity index (χ1v) is 9.42. The summed E-state index contributed by atoms with van der Waals surface area (Å²) >= 11 is 0. The number of aryl methyl sites for hydroxylation is 1. The van der Waals surface area contributed by atoms with Crippen molar-refractivity contribution >= 4 is 11.6 Å². The number of carbonyl (C=O) groups is 1. The van der Waals surface area contributed by atoms with Crippen LogP contribution in [-0.2, 0) is 13.0 Å². The van der Waals surface area contributed by atoms with Crippen molar-refractivity contribution in [1.29, 1.82) is 0 Å². The SMILES string of the molecule is O=C(Nc1ccccc1)c1cccc(CNC2CCCc3cccnc32)c1. The van der Waals surface area contributed by atoms with Crippen LogP contribution in [0.1, 0.15) is 46.1 Å². The molecule has 27 heavy (non-hydrogen) atoms. The second-order valence-corrected chi connectivity index (χ2v) is 6.89. The molecule has 2 aromatic carbocycles. The van der Waals surface area contributed by atoms with Gasteiger partial charge in [0.15, 0.2) is 0 Å². The number of nitrogens with one attached hydrogen (secondary N) is 2. The van der Waals surface area contributed by atoms with Gasteiger partial charge in [-0.25, -0.2) is 0 Å². The molecule has 0 aliphatic heterocycles. The second-order valence-electron chi connectivity index (χ2n) is 6.89. The third-order valence-electron chi connectivity index (χ3n) is 4.97. The van der Waals surface area contributed by atoms with Gasteiger partial charge in [0.25, 0.3) is 5.91 Å². The number of aromatic nitrogens is 1. The van der Waals surface area contributed by atoms with Crippen molar-refractivity contribution < 1.29 is 4.79 Å². The van der Waals surface area contributed by atoms with Crippen LogP contribution in [0.3, 0.4) is 0 Å². The molecular formula is C23H23N3O. The largest absolute Gasteiger partial charge is 0.322 e. The molecule has 4 nitrogen and oxygen atoms in total. The standard InChI is InChI=1S/C23H23N3O/c27-23(26-20-11-2-1-3-12-20)19-9-4-7-17(15-19)16-25-21-13-5-8-18-10-6-14-24-22(18)21/h1-4,6-7,9-12,14-15,21,25H,5,8,13,16H2,(H,26,27). The molecule has 1 aliphatic rings. The minimum absolute atomic E-state index is 0.0901. The van der Waals surface area contributed by atoms with E-state index < -0.39 is 0 Å². The third kappa shape index (κ3) is 4.23. The van der Waals surface area contributed by atoms with Gasteiger partial charge in [-0.3, -0.25) is 9.78 Å². The summed E-state index contributed by atoms with van der Waals surface area (Å²) < 4.78 is 0. The Bertz CT molecular complexity index is 924. The molecule has 2 N–H and O–H groups in total. The second kappa shape index (κ2) is 8.14. The van der Waals surface area contributed by atoms with E-state index in [1.807, 2.05) is 60.8 Å². The molecule has 1 heterocycles. The third-order valence-corrected chi connectivity index (χ3v) is 4.97. The summed E-state index contributed by atoms with van der Waals surface area (Å²) in [5.74, 6) is -0.0901. The molecule has 1 atom stereocenters. The zero-order valence-electron chi connectivity index (χ0n) is 15.2. The number of amides is 1. The first-order valence-electron chi connectivity index (χ1n) is 9.42. The summed E-state index contributed by atoms with van der Waals surface area (Å²) in [6, 6.07) is 21.8. The molecule has 4 rings (SSSR count). The highest BCUT2D eigenvalue weighted by Gasteiger charge is 2.20. The molecule has 0 saturated carbocycles. The summed E-state index contributed by atoms with van der Waals surface area (Å²) in [4.78, 5) is 17.1. The fraction of sp³-hybridized carbons (Fsp3) is 0.217. The number of pyridine rings is 1. The van der Waals surface area contributed by atoms with Gasteiger partial charge in [0.05, 0.1) is 11.7 Å². The smallest absolute Gasteiger partial charge is 0.255 e. The molecule has 0 fully saturated rings. The van der Waals surface area contributed by atoms with Gasteiger partial charge in [-0.2, -0.15) is 0 Å². The summed E-state index contributed by atoms with van der Waals surface area (Å²) in [7, 11) is 0. The van der Waals surface area contributed by atoms with Crippen LogP contribution in [0, 0.1) is 0 Å². The molecular weight excluding hydrogens is 334 g/mol. The van der Waals surface area contributed by atoms with Gasteiger partial charge in [-0.05, 0) is 60.7 Å². The molecule has 0 saturated heterocycles. The van der Waals surface area contributed by atoms with Crippen LogP contribution in [0.4, 0.5) is 5.69 Å². The Hall–Kier alpha value is -2.98. The molecule has 0 spiro atoms. The molecule has 136 valence electrons. The number of anilines is 1. The Balaban J connectivity index is 1.42. The maximum atomic E-state index is 12.5. The summed E-state index contributed by atoms with van der Waals surface area (Å²) in [5.41, 5.74) is 5.08. The van der Waals surface area contributed by atoms with Gasteiger partial charge in [-0.1, -0.05) is 36.4 Å². The first-order chi connectivity index (χ1) is 13.3. The van der Waals surface area contributed by atoms with Gasteiger partial charge < -0.3 is 10.6 Å². The van der Waals surface area contributed by atoms with Crippen LogP contribution < -0.4 is 10.6 Å². The van der Waals surface area contributed by atoms with Crippen LogP contribution in [0.5, 0.6) is 0 Å². The monoisotopic (exact) mass is 357 g/mol. The quantitative estimate of drug-likeness (QED) is 0.707. The average molecular weight is 357 g/mol. The van der Waals surface area contributed by atoms with Crippen LogP contribution >= 0.6 is 0 Å². The van der Waals surface area contributed by atoms with E-state index in [4.69, 9.17) is 0 Å². The highest BCUT2D eigenvalue weighted by atomic mass is 16.1. The van der Waals surface area contributed by atoms with Crippen LogP contribution in [-0.4, -0.2) is 10.9 Å². The van der Waals surface area contributed by atoms with Crippen LogP contribution in [0.15, 0.2) is 72.9 Å². The van der Waals surface area contributed by atoms with Crippen molar-refractivity contribution in [3.63, 3.8) is 0 Å². The topological polar surface area (TPSA) is 54.0 Å². The zero-order chi connectivity index (χ0) is 18.5. The molecule has 0 bridgehead atoms. The number of nitrogens with zero attached hydrogens (tertiary/aromatic N) is 1. The van der Waals surface area contributed by atoms with Crippen molar-refractivity contribution in [1.82, 2.24) is 10.3 Å². The Kier molecular flexibility index (Phi) is 5.26. The predicted octanol–water partition coefficient (Wildman–Crippen LogP) is 4.50. The lowest BCUT2D eigenvalue weighted by molar-refractivity contribution is 0.102. The number of fused-ring (bicyclic) bond motifs is 1. The Labute approximate surface area is 159 Å². The number of hydrogen-bond donors (Lipinski definition) is 2. The highest BCUT2D eigenvalue weighted by molar-refractivity contribution is 6.04. The molecule has 1 aliphatic carbocycles. The van der Waals surface area contributed by atoms with Gasteiger partial charge >= 0.3 is 0 Å². The Morgan fingerprint density at radius 2 is 1.93 bits per heavy atom. The average Bonchev–Trinajstić information content (AvgIpc) is 2.73. The molecule has 1 aromatic heterocycles. The van der Waals surface area contributed by atoms with E-state index in [-0.39, 0.29) is 11.9 Å². The highest BCUT2D eigenvalue weighted by Crippen LogP contribution is 2.27. The van der Waals surface area contributed by atoms with Crippen molar-refractivity contribution in [3.05, 3.63) is 95.3 Å². The molecule has 3 aromatic rings. The lowest BCUT2D eigenvalue weighted by Gasteiger charge is -2.25. The minimum Gasteiger partial charge on any atom is -0.322 e. The summed E-state index contributed by atoms with van der Waals surface area (Å²) in [5, 5.41) is 6.55. The van der Waals surface area contributed by atoms with Crippen molar-refractivity contribution in [2.45, 2.75) is 31.8 Å². The molecule has 4 heteroatoms. The van der Waals surface area contributed by atoms with E-state index >= 15 is 0 Å². The minimum atomic E-state index is -0.0901. The van der Waals surface area contributed by atoms with Crippen molar-refractivity contribution in [2.24, 2.45) is 0 Å². The summed E-state index contributed by atoms with van der Waals surface area (Å²) in [6.45, 7) is 0.715. The number of benzene rings is 2. The van der Waals surface area contributed by atoms with Gasteiger partial charge in [0.2, 0.25) is 0 Å². The van der Waals surface area contributed by atoms with E-state index in [0.717, 1.165) is 24.1 Å². The first kappa shape index (κ1) is 17.4. The van der Waals surface area contributed by atoms with E-state index in [9.17, 15) is 4.79 Å². The van der Waals surface area contributed by atoms with Gasteiger partial charge in [0, 0.05) is 24.0 Å². The van der Waals surface area contributed by atoms with Gasteiger partial charge in [0.1, 0.15) is 0 Å². The zero-order valence-corrected chi connectivity index (χ0v) is 15.2. The molecule has 1 unspecified atom stereocenters. The Morgan fingerprint density at radius 3 is 2.81 bits per heavy atom. The fourth-order valence-electron chi connectivity index (χ4n) is 3.60. The maximum absolute atomic E-state index is 12.5. The lowest BCUT2D eigenvalue weighted by atomic mass is 9.92. The summed E-state index contributed by atoms with van der Waals surface area (Å²) in [6.07, 6.45) is 5.25.